The fraction of sp³-hybridized carbons (Fsp3) is 0.267. The lowest BCUT2D eigenvalue weighted by molar-refractivity contribution is 0.0986. The molecular weight excluding hydrogens is 276 g/mol. The van der Waals surface area contributed by atoms with E-state index in [0.717, 1.165) is 0 Å². The molecule has 0 saturated heterocycles. The minimum atomic E-state index is -0.900. The van der Waals surface area contributed by atoms with Crippen molar-refractivity contribution in [2.45, 2.75) is 13.8 Å². The molecule has 0 fully saturated rings. The summed E-state index contributed by atoms with van der Waals surface area (Å²) >= 11 is 0. The van der Waals surface area contributed by atoms with E-state index < -0.39 is 6.16 Å². The van der Waals surface area contributed by atoms with Crippen LogP contribution >= 0.6 is 0 Å². The number of ether oxygens (including phenoxy) is 3. The van der Waals surface area contributed by atoms with Gasteiger partial charge in [0.1, 0.15) is 0 Å². The molecule has 0 saturated carbocycles. The molecule has 0 N–H and O–H groups in total. The van der Waals surface area contributed by atoms with Crippen LogP contribution in [0, 0.1) is 0 Å². The molecule has 0 radical (unpaired) electrons. The zero-order chi connectivity index (χ0) is 15.4. The lowest BCUT2D eigenvalue weighted by atomic mass is 9.94. The molecule has 1 aliphatic rings. The first-order chi connectivity index (χ1) is 10.1. The van der Waals surface area contributed by atoms with Crippen molar-refractivity contribution >= 4 is 17.7 Å². The van der Waals surface area contributed by atoms with Crippen LogP contribution in [0.2, 0.25) is 0 Å². The quantitative estimate of drug-likeness (QED) is 0.626. The summed E-state index contributed by atoms with van der Waals surface area (Å²) in [7, 11) is 0. The summed E-state index contributed by atoms with van der Waals surface area (Å²) < 4.78 is 15.0. The number of hydrogen-bond acceptors (Lipinski definition) is 6. The van der Waals surface area contributed by atoms with Gasteiger partial charge in [0.2, 0.25) is 0 Å². The lowest BCUT2D eigenvalue weighted by Gasteiger charge is -2.15. The highest BCUT2D eigenvalue weighted by Gasteiger charge is 2.24. The second kappa shape index (κ2) is 6.21. The molecule has 0 heterocycles. The Balaban J connectivity index is 2.44. The maximum atomic E-state index is 11.8. The Hall–Kier alpha value is -2.63. The number of rotatable bonds is 4. The maximum absolute atomic E-state index is 11.8. The zero-order valence-electron chi connectivity index (χ0n) is 11.7. The van der Waals surface area contributed by atoms with E-state index in [9.17, 15) is 14.4 Å². The lowest BCUT2D eigenvalue weighted by Crippen LogP contribution is -2.15. The average Bonchev–Trinajstić information content (AvgIpc) is 2.45. The van der Waals surface area contributed by atoms with E-state index in [0.29, 0.717) is 6.61 Å². The normalized spacial score (nSPS) is 12.9. The molecule has 0 aromatic heterocycles. The van der Waals surface area contributed by atoms with Gasteiger partial charge in [0, 0.05) is 11.1 Å². The van der Waals surface area contributed by atoms with Gasteiger partial charge in [-0.05, 0) is 38.1 Å². The Morgan fingerprint density at radius 1 is 0.952 bits per heavy atom. The van der Waals surface area contributed by atoms with Gasteiger partial charge in [0.15, 0.2) is 23.1 Å². The van der Waals surface area contributed by atoms with E-state index in [1.165, 1.54) is 24.3 Å². The number of carbonyl (C=O) groups excluding carboxylic acids is 3. The minimum Gasteiger partial charge on any atom is -0.490 e. The van der Waals surface area contributed by atoms with E-state index in [2.05, 4.69) is 4.74 Å². The van der Waals surface area contributed by atoms with Gasteiger partial charge >= 0.3 is 6.16 Å². The third-order valence-electron chi connectivity index (χ3n) is 2.76. The largest absolute Gasteiger partial charge is 0.513 e. The first-order valence-corrected chi connectivity index (χ1v) is 6.49. The summed E-state index contributed by atoms with van der Waals surface area (Å²) in [5.74, 6) is -0.374. The molecule has 6 nitrogen and oxygen atoms in total. The first-order valence-electron chi connectivity index (χ1n) is 6.49. The monoisotopic (exact) mass is 290 g/mol. The second-order valence-electron chi connectivity index (χ2n) is 4.12. The predicted octanol–water partition coefficient (Wildman–Crippen LogP) is 2.56. The third-order valence-corrected chi connectivity index (χ3v) is 2.76. The SMILES string of the molecule is CCOC(=O)Oc1cc2c(cc1OCC)C(=O)C=CC2=O. The van der Waals surface area contributed by atoms with E-state index in [4.69, 9.17) is 9.47 Å². The van der Waals surface area contributed by atoms with Gasteiger partial charge in [-0.25, -0.2) is 4.79 Å². The van der Waals surface area contributed by atoms with Gasteiger partial charge < -0.3 is 14.2 Å². The van der Waals surface area contributed by atoms with Crippen LogP contribution in [0.15, 0.2) is 24.3 Å². The van der Waals surface area contributed by atoms with E-state index in [-0.39, 0.29) is 40.8 Å². The highest BCUT2D eigenvalue weighted by Crippen LogP contribution is 2.33. The standard InChI is InChI=1S/C15H14O6/c1-3-19-13-7-9-10(12(17)6-5-11(9)16)8-14(13)21-15(18)20-4-2/h5-8H,3-4H2,1-2H3. The fourth-order valence-corrected chi connectivity index (χ4v) is 1.88. The number of carbonyl (C=O) groups is 3. The van der Waals surface area contributed by atoms with Gasteiger partial charge in [0.25, 0.3) is 0 Å². The van der Waals surface area contributed by atoms with Crippen LogP contribution in [-0.2, 0) is 4.74 Å². The average molecular weight is 290 g/mol. The second-order valence-corrected chi connectivity index (χ2v) is 4.12. The number of allylic oxidation sites excluding steroid dienone is 2. The van der Waals surface area contributed by atoms with Gasteiger partial charge in [-0.1, -0.05) is 0 Å². The van der Waals surface area contributed by atoms with Crippen LogP contribution in [0.4, 0.5) is 4.79 Å². The molecule has 2 rings (SSSR count). The molecule has 0 amide bonds. The van der Waals surface area contributed by atoms with Crippen LogP contribution in [0.1, 0.15) is 34.6 Å². The van der Waals surface area contributed by atoms with Gasteiger partial charge in [-0.2, -0.15) is 0 Å². The van der Waals surface area contributed by atoms with Crippen LogP contribution in [0.5, 0.6) is 11.5 Å². The van der Waals surface area contributed by atoms with Crippen molar-refractivity contribution in [3.05, 3.63) is 35.4 Å². The molecule has 110 valence electrons. The Bertz CT molecular complexity index is 629. The summed E-state index contributed by atoms with van der Waals surface area (Å²) in [6, 6.07) is 2.72. The van der Waals surface area contributed by atoms with Crippen molar-refractivity contribution in [3.63, 3.8) is 0 Å². The van der Waals surface area contributed by atoms with Gasteiger partial charge in [-0.15, -0.1) is 0 Å². The molecule has 0 bridgehead atoms. The van der Waals surface area contributed by atoms with Crippen molar-refractivity contribution in [1.82, 2.24) is 0 Å². The van der Waals surface area contributed by atoms with Gasteiger partial charge in [-0.3, -0.25) is 9.59 Å². The van der Waals surface area contributed by atoms with Crippen molar-refractivity contribution < 1.29 is 28.6 Å². The van der Waals surface area contributed by atoms with Crippen molar-refractivity contribution in [3.8, 4) is 11.5 Å². The van der Waals surface area contributed by atoms with Gasteiger partial charge in [0.05, 0.1) is 13.2 Å². The van der Waals surface area contributed by atoms with Crippen molar-refractivity contribution in [2.24, 2.45) is 0 Å². The molecule has 0 aliphatic heterocycles. The first kappa shape index (κ1) is 14.8. The zero-order valence-corrected chi connectivity index (χ0v) is 11.7. The molecule has 0 spiro atoms. The number of benzene rings is 1. The molecule has 1 aromatic rings. The molecule has 1 aliphatic carbocycles. The molecule has 6 heteroatoms. The number of hydrogen-bond donors (Lipinski definition) is 0. The van der Waals surface area contributed by atoms with Crippen molar-refractivity contribution in [1.29, 1.82) is 0 Å². The van der Waals surface area contributed by atoms with Crippen LogP contribution in [0.25, 0.3) is 0 Å². The third kappa shape index (κ3) is 3.10. The summed E-state index contributed by atoms with van der Waals surface area (Å²) in [5, 5.41) is 0. The minimum absolute atomic E-state index is 0.0468. The Labute approximate surface area is 121 Å². The number of ketones is 2. The summed E-state index contributed by atoms with van der Waals surface area (Å²) in [5.41, 5.74) is 0.396. The summed E-state index contributed by atoms with van der Waals surface area (Å²) in [6.45, 7) is 3.87. The fourth-order valence-electron chi connectivity index (χ4n) is 1.88. The topological polar surface area (TPSA) is 78.9 Å². The Kier molecular flexibility index (Phi) is 4.37. The van der Waals surface area contributed by atoms with Crippen LogP contribution in [-0.4, -0.2) is 30.9 Å². The molecule has 1 aromatic carbocycles. The van der Waals surface area contributed by atoms with E-state index >= 15 is 0 Å². The molecule has 21 heavy (non-hydrogen) atoms. The van der Waals surface area contributed by atoms with Crippen molar-refractivity contribution in [2.75, 3.05) is 13.2 Å². The highest BCUT2D eigenvalue weighted by molar-refractivity contribution is 6.22. The summed E-state index contributed by atoms with van der Waals surface area (Å²) in [4.78, 5) is 35.0. The number of fused-ring (bicyclic) bond motifs is 1. The smallest absolute Gasteiger partial charge is 0.490 e. The van der Waals surface area contributed by atoms with E-state index in [1.54, 1.807) is 13.8 Å². The predicted molar refractivity (Wildman–Crippen MR) is 73.1 cm³/mol. The molecular formula is C15H14O6. The van der Waals surface area contributed by atoms with Crippen LogP contribution in [0.3, 0.4) is 0 Å². The molecule has 0 atom stereocenters. The van der Waals surface area contributed by atoms with E-state index in [1.807, 2.05) is 0 Å². The maximum Gasteiger partial charge on any atom is 0.513 e. The van der Waals surface area contributed by atoms with Crippen LogP contribution < -0.4 is 9.47 Å². The summed E-state index contributed by atoms with van der Waals surface area (Å²) in [6.07, 6.45) is 1.48. The molecule has 0 unspecified atom stereocenters. The Morgan fingerprint density at radius 3 is 2.05 bits per heavy atom. The highest BCUT2D eigenvalue weighted by atomic mass is 16.7. The Morgan fingerprint density at radius 2 is 1.52 bits per heavy atom.